The van der Waals surface area contributed by atoms with Crippen molar-refractivity contribution >= 4 is 19.8 Å². The zero-order chi connectivity index (χ0) is 58.4. The number of carbonyl (C=O) groups is 2. The molecule has 0 aliphatic carbocycles. The summed E-state index contributed by atoms with van der Waals surface area (Å²) in [6.07, 6.45) is 82.7. The first kappa shape index (κ1) is 77.2. The fourth-order valence-electron chi connectivity index (χ4n) is 9.31. The molecule has 0 bridgehead atoms. The van der Waals surface area contributed by atoms with Crippen LogP contribution in [0.25, 0.3) is 0 Å². The molecule has 0 heterocycles. The molecule has 0 spiro atoms. The summed E-state index contributed by atoms with van der Waals surface area (Å²) < 4.78 is 34.6. The molecule has 0 aliphatic rings. The smallest absolute Gasteiger partial charge is 0.462 e. The lowest BCUT2D eigenvalue weighted by molar-refractivity contribution is -0.870. The fraction of sp³-hybridized carbons (Fsp3) is 0.771. The minimum atomic E-state index is -4.40. The molecule has 0 aromatic heterocycles. The summed E-state index contributed by atoms with van der Waals surface area (Å²) >= 11 is 0. The van der Waals surface area contributed by atoms with E-state index in [1.165, 1.54) is 180 Å². The van der Waals surface area contributed by atoms with Crippen molar-refractivity contribution in [2.45, 2.75) is 302 Å². The molecule has 0 aromatic rings. The van der Waals surface area contributed by atoms with Gasteiger partial charge in [0.05, 0.1) is 27.7 Å². The van der Waals surface area contributed by atoms with Crippen molar-refractivity contribution in [2.75, 3.05) is 47.5 Å². The topological polar surface area (TPSA) is 108 Å². The van der Waals surface area contributed by atoms with Crippen LogP contribution in [0.5, 0.6) is 0 Å². The van der Waals surface area contributed by atoms with Crippen molar-refractivity contribution in [3.8, 4) is 0 Å². The number of unbranched alkanes of at least 4 members (excludes halogenated alkanes) is 33. The highest BCUT2D eigenvalue weighted by molar-refractivity contribution is 7.47. The number of hydrogen-bond donors (Lipinski definition) is 1. The number of phosphoric acid groups is 1. The van der Waals surface area contributed by atoms with Crippen LogP contribution in [0.15, 0.2) is 85.1 Å². The number of carbonyl (C=O) groups excluding carboxylic acids is 2. The van der Waals surface area contributed by atoms with Gasteiger partial charge in [0, 0.05) is 12.8 Å². The number of esters is 2. The van der Waals surface area contributed by atoms with E-state index in [1.807, 2.05) is 21.1 Å². The van der Waals surface area contributed by atoms with Crippen LogP contribution in [-0.2, 0) is 32.7 Å². The number of allylic oxidation sites excluding steroid dienone is 14. The molecule has 0 saturated heterocycles. The Labute approximate surface area is 494 Å². The summed E-state index contributed by atoms with van der Waals surface area (Å²) in [6.45, 7) is 4.30. The Balaban J connectivity index is 3.93. The van der Waals surface area contributed by atoms with Crippen LogP contribution in [-0.4, -0.2) is 74.9 Å². The van der Waals surface area contributed by atoms with Crippen LogP contribution in [0.3, 0.4) is 0 Å². The molecule has 0 rings (SSSR count). The van der Waals surface area contributed by atoms with Crippen molar-refractivity contribution in [3.63, 3.8) is 0 Å². The lowest BCUT2D eigenvalue weighted by Crippen LogP contribution is -2.37. The first-order valence-corrected chi connectivity index (χ1v) is 34.8. The number of phosphoric ester groups is 1. The second-order valence-electron chi connectivity index (χ2n) is 23.5. The Morgan fingerprint density at radius 3 is 1.06 bits per heavy atom. The van der Waals surface area contributed by atoms with E-state index in [0.717, 1.165) is 83.5 Å². The first-order valence-electron chi connectivity index (χ1n) is 33.3. The molecular weight excluding hydrogens is 1010 g/mol. The van der Waals surface area contributed by atoms with Gasteiger partial charge in [0.15, 0.2) is 6.10 Å². The van der Waals surface area contributed by atoms with Crippen molar-refractivity contribution < 1.29 is 42.1 Å². The van der Waals surface area contributed by atoms with Crippen LogP contribution in [0.1, 0.15) is 296 Å². The van der Waals surface area contributed by atoms with Gasteiger partial charge in [-0.2, -0.15) is 0 Å². The van der Waals surface area contributed by atoms with Gasteiger partial charge in [-0.3, -0.25) is 18.6 Å². The van der Waals surface area contributed by atoms with Gasteiger partial charge in [-0.25, -0.2) is 4.57 Å². The summed E-state index contributed by atoms with van der Waals surface area (Å²) in [4.78, 5) is 35.7. The lowest BCUT2D eigenvalue weighted by atomic mass is 10.0. The van der Waals surface area contributed by atoms with Crippen LogP contribution < -0.4 is 0 Å². The molecule has 2 atom stereocenters. The number of likely N-dealkylation sites (N-methyl/N-ethyl adjacent to an activating group) is 1. The summed E-state index contributed by atoms with van der Waals surface area (Å²) in [6, 6.07) is 0. The Hall–Kier alpha value is -2.81. The monoisotopic (exact) mass is 1140 g/mol. The molecule has 0 saturated carbocycles. The van der Waals surface area contributed by atoms with E-state index in [9.17, 15) is 19.0 Å². The standard InChI is InChI=1S/C70H126NO8P/c1-6-8-10-12-14-16-18-20-22-24-25-26-27-28-29-30-31-32-33-34-35-36-37-38-39-40-41-42-43-44-45-47-48-50-52-54-56-58-60-62-69(72)76-66-68(67-78-80(74,75)77-65-64-71(3,4)5)79-70(73)63-61-59-57-55-53-51-49-46-23-21-19-17-15-13-11-9-7-2/h9,11,15,17-18,20-21,23-25,27-28,49,51,68H,6-8,10,12-14,16,19,22,26,29-48,50,52-67H2,1-5H3/p+1/b11-9-,17-15-,20-18-,23-21-,25-24-,28-27-,51-49-. The number of rotatable bonds is 61. The SMILES string of the molecule is CC/C=C\C/C=C\C/C=C\C/C=C\CCCCCCC(=O)OC(COC(=O)CCCCCCCCCCCCCCCCCCCCCCCCCC/C=C\C/C=C\C/C=C\CCCCCCC)COP(=O)(O)OCC[N+](C)(C)C. The molecular formula is C70H127NO8P+. The average molecular weight is 1140 g/mol. The van der Waals surface area contributed by atoms with Crippen molar-refractivity contribution in [1.29, 1.82) is 0 Å². The maximum Gasteiger partial charge on any atom is 0.472 e. The number of nitrogens with zero attached hydrogens (tertiary/aromatic N) is 1. The van der Waals surface area contributed by atoms with E-state index in [-0.39, 0.29) is 32.0 Å². The van der Waals surface area contributed by atoms with Gasteiger partial charge in [-0.05, 0) is 89.9 Å². The third-order valence-corrected chi connectivity index (χ3v) is 15.4. The van der Waals surface area contributed by atoms with Gasteiger partial charge >= 0.3 is 19.8 Å². The first-order chi connectivity index (χ1) is 39.0. The second kappa shape index (κ2) is 60.8. The third kappa shape index (κ3) is 64.4. The highest BCUT2D eigenvalue weighted by atomic mass is 31.2. The van der Waals surface area contributed by atoms with Crippen molar-refractivity contribution in [1.82, 2.24) is 0 Å². The molecule has 0 aromatic carbocycles. The highest BCUT2D eigenvalue weighted by Gasteiger charge is 2.27. The summed E-state index contributed by atoms with van der Waals surface area (Å²) in [5, 5.41) is 0. The van der Waals surface area contributed by atoms with Crippen LogP contribution in [0, 0.1) is 0 Å². The molecule has 0 radical (unpaired) electrons. The van der Waals surface area contributed by atoms with Gasteiger partial charge in [-0.1, -0.05) is 279 Å². The lowest BCUT2D eigenvalue weighted by Gasteiger charge is -2.24. The number of ether oxygens (including phenoxy) is 2. The zero-order valence-corrected chi connectivity index (χ0v) is 53.7. The van der Waals surface area contributed by atoms with Gasteiger partial charge in [0.1, 0.15) is 19.8 Å². The van der Waals surface area contributed by atoms with Crippen LogP contribution in [0.4, 0.5) is 0 Å². The van der Waals surface area contributed by atoms with Gasteiger partial charge in [0.2, 0.25) is 0 Å². The van der Waals surface area contributed by atoms with Crippen molar-refractivity contribution in [3.05, 3.63) is 85.1 Å². The molecule has 80 heavy (non-hydrogen) atoms. The van der Waals surface area contributed by atoms with Crippen LogP contribution in [0.2, 0.25) is 0 Å². The quantitative estimate of drug-likeness (QED) is 0.0211. The van der Waals surface area contributed by atoms with Gasteiger partial charge < -0.3 is 18.9 Å². The Kier molecular flexibility index (Phi) is 58.6. The van der Waals surface area contributed by atoms with E-state index in [0.29, 0.717) is 17.4 Å². The summed E-state index contributed by atoms with van der Waals surface area (Å²) in [7, 11) is 1.46. The molecule has 0 amide bonds. The molecule has 9 nitrogen and oxygen atoms in total. The summed E-state index contributed by atoms with van der Waals surface area (Å²) in [5.74, 6) is -0.819. The number of hydrogen-bond acceptors (Lipinski definition) is 7. The largest absolute Gasteiger partial charge is 0.472 e. The minimum Gasteiger partial charge on any atom is -0.462 e. The molecule has 2 unspecified atom stereocenters. The number of quaternary nitrogens is 1. The Morgan fingerprint density at radius 1 is 0.400 bits per heavy atom. The normalized spacial score (nSPS) is 13.7. The predicted molar refractivity (Wildman–Crippen MR) is 344 cm³/mol. The summed E-state index contributed by atoms with van der Waals surface area (Å²) in [5.41, 5.74) is 0. The molecule has 10 heteroatoms. The molecule has 464 valence electrons. The third-order valence-electron chi connectivity index (χ3n) is 14.4. The van der Waals surface area contributed by atoms with E-state index < -0.39 is 26.5 Å². The Morgan fingerprint density at radius 2 is 0.713 bits per heavy atom. The molecule has 1 N–H and O–H groups in total. The van der Waals surface area contributed by atoms with E-state index in [4.69, 9.17) is 18.5 Å². The minimum absolute atomic E-state index is 0.0246. The van der Waals surface area contributed by atoms with Crippen LogP contribution >= 0.6 is 7.82 Å². The second-order valence-corrected chi connectivity index (χ2v) is 24.9. The van der Waals surface area contributed by atoms with E-state index in [2.05, 4.69) is 98.9 Å². The zero-order valence-electron chi connectivity index (χ0n) is 52.8. The molecule has 0 fully saturated rings. The molecule has 0 aliphatic heterocycles. The maximum absolute atomic E-state index is 12.8. The average Bonchev–Trinajstić information content (AvgIpc) is 3.42. The van der Waals surface area contributed by atoms with E-state index >= 15 is 0 Å². The fourth-order valence-corrected chi connectivity index (χ4v) is 10.1. The van der Waals surface area contributed by atoms with Crippen molar-refractivity contribution in [2.24, 2.45) is 0 Å². The highest BCUT2D eigenvalue weighted by Crippen LogP contribution is 2.43. The predicted octanol–water partition coefficient (Wildman–Crippen LogP) is 21.4. The maximum atomic E-state index is 12.8. The van der Waals surface area contributed by atoms with Gasteiger partial charge in [0.25, 0.3) is 0 Å². The van der Waals surface area contributed by atoms with E-state index in [1.54, 1.807) is 0 Å². The van der Waals surface area contributed by atoms with Gasteiger partial charge in [-0.15, -0.1) is 0 Å². The Bertz CT molecular complexity index is 1630.